The molecule has 30 heavy (non-hydrogen) atoms. The van der Waals surface area contributed by atoms with Crippen LogP contribution in [0.5, 0.6) is 0 Å². The van der Waals surface area contributed by atoms with Crippen LogP contribution in [0, 0.1) is 20.8 Å². The SMILES string of the molecule is Cc1oc(C)c(C(=O)OC(C)C(=O)N(Cc2ccccc2)Cc2ccccc2)c1C. The molecule has 1 unspecified atom stereocenters. The zero-order valence-corrected chi connectivity index (χ0v) is 17.8. The second-order valence-electron chi connectivity index (χ2n) is 7.43. The van der Waals surface area contributed by atoms with Crippen LogP contribution in [0.4, 0.5) is 0 Å². The predicted octanol–water partition coefficient (Wildman–Crippen LogP) is 4.98. The third-order valence-electron chi connectivity index (χ3n) is 5.14. The number of hydrogen-bond acceptors (Lipinski definition) is 4. The van der Waals surface area contributed by atoms with Crippen LogP contribution in [0.15, 0.2) is 65.1 Å². The average Bonchev–Trinajstić information content (AvgIpc) is 2.99. The van der Waals surface area contributed by atoms with E-state index in [-0.39, 0.29) is 5.91 Å². The fourth-order valence-corrected chi connectivity index (χ4v) is 3.44. The minimum atomic E-state index is -0.918. The van der Waals surface area contributed by atoms with Crippen LogP contribution in [0.25, 0.3) is 0 Å². The summed E-state index contributed by atoms with van der Waals surface area (Å²) in [5.74, 6) is 0.391. The third kappa shape index (κ3) is 4.98. The molecule has 0 saturated carbocycles. The average molecular weight is 405 g/mol. The Labute approximate surface area is 177 Å². The van der Waals surface area contributed by atoms with Crippen molar-refractivity contribution in [3.8, 4) is 0 Å². The Kier molecular flexibility index (Phi) is 6.72. The Morgan fingerprint density at radius 1 is 0.867 bits per heavy atom. The molecule has 1 aromatic heterocycles. The first-order chi connectivity index (χ1) is 14.4. The molecule has 0 N–H and O–H groups in total. The van der Waals surface area contributed by atoms with Crippen LogP contribution in [-0.4, -0.2) is 22.9 Å². The summed E-state index contributed by atoms with van der Waals surface area (Å²) in [7, 11) is 0. The maximum atomic E-state index is 13.2. The summed E-state index contributed by atoms with van der Waals surface area (Å²) in [5.41, 5.74) is 3.15. The van der Waals surface area contributed by atoms with Gasteiger partial charge in [-0.05, 0) is 38.8 Å². The molecule has 0 aliphatic rings. The Balaban J connectivity index is 1.77. The first-order valence-corrected chi connectivity index (χ1v) is 10.0. The van der Waals surface area contributed by atoms with Crippen LogP contribution in [-0.2, 0) is 22.6 Å². The summed E-state index contributed by atoms with van der Waals surface area (Å²) in [6.07, 6.45) is -0.918. The van der Waals surface area contributed by atoms with Gasteiger partial charge in [-0.3, -0.25) is 4.79 Å². The second kappa shape index (κ2) is 9.44. The minimum Gasteiger partial charge on any atom is -0.465 e. The van der Waals surface area contributed by atoms with E-state index in [9.17, 15) is 9.59 Å². The van der Waals surface area contributed by atoms with Gasteiger partial charge in [0.15, 0.2) is 6.10 Å². The van der Waals surface area contributed by atoms with E-state index >= 15 is 0 Å². The molecule has 0 aliphatic heterocycles. The molecule has 3 rings (SSSR count). The van der Waals surface area contributed by atoms with Crippen LogP contribution in [0.1, 0.15) is 45.5 Å². The molecule has 0 aliphatic carbocycles. The van der Waals surface area contributed by atoms with Crippen molar-refractivity contribution < 1.29 is 18.7 Å². The lowest BCUT2D eigenvalue weighted by atomic mass is 10.1. The molecule has 0 bridgehead atoms. The van der Waals surface area contributed by atoms with Crippen molar-refractivity contribution in [1.82, 2.24) is 4.90 Å². The summed E-state index contributed by atoms with van der Waals surface area (Å²) >= 11 is 0. The van der Waals surface area contributed by atoms with Gasteiger partial charge in [0, 0.05) is 18.7 Å². The summed E-state index contributed by atoms with van der Waals surface area (Å²) in [4.78, 5) is 27.6. The van der Waals surface area contributed by atoms with Crippen LogP contribution < -0.4 is 0 Å². The number of amides is 1. The molecule has 2 aromatic carbocycles. The molecule has 5 nitrogen and oxygen atoms in total. The van der Waals surface area contributed by atoms with E-state index in [4.69, 9.17) is 9.15 Å². The lowest BCUT2D eigenvalue weighted by Crippen LogP contribution is -2.39. The highest BCUT2D eigenvalue weighted by Gasteiger charge is 2.27. The minimum absolute atomic E-state index is 0.244. The zero-order chi connectivity index (χ0) is 21.7. The van der Waals surface area contributed by atoms with E-state index in [1.54, 1.807) is 25.7 Å². The number of carbonyl (C=O) groups excluding carboxylic acids is 2. The number of aryl methyl sites for hydroxylation is 2. The number of nitrogens with zero attached hydrogens (tertiary/aromatic N) is 1. The first-order valence-electron chi connectivity index (χ1n) is 10.0. The highest BCUT2D eigenvalue weighted by molar-refractivity contribution is 5.94. The predicted molar refractivity (Wildman–Crippen MR) is 115 cm³/mol. The van der Waals surface area contributed by atoms with Crippen molar-refractivity contribution in [2.75, 3.05) is 0 Å². The summed E-state index contributed by atoms with van der Waals surface area (Å²) in [5, 5.41) is 0. The van der Waals surface area contributed by atoms with E-state index in [1.165, 1.54) is 0 Å². The summed E-state index contributed by atoms with van der Waals surface area (Å²) in [6, 6.07) is 19.5. The Bertz CT molecular complexity index is 967. The molecule has 1 atom stereocenters. The number of esters is 1. The van der Waals surface area contributed by atoms with Crippen molar-refractivity contribution in [3.63, 3.8) is 0 Å². The molecule has 0 radical (unpaired) electrons. The second-order valence-corrected chi connectivity index (χ2v) is 7.43. The smallest absolute Gasteiger partial charge is 0.342 e. The van der Waals surface area contributed by atoms with Gasteiger partial charge in [0.25, 0.3) is 5.91 Å². The number of rotatable bonds is 7. The van der Waals surface area contributed by atoms with Gasteiger partial charge in [-0.2, -0.15) is 0 Å². The maximum Gasteiger partial charge on any atom is 0.342 e. The Morgan fingerprint density at radius 2 is 1.37 bits per heavy atom. The topological polar surface area (TPSA) is 59.8 Å². The van der Waals surface area contributed by atoms with Crippen molar-refractivity contribution in [2.45, 2.75) is 46.9 Å². The molecule has 156 valence electrons. The fourth-order valence-electron chi connectivity index (χ4n) is 3.44. The van der Waals surface area contributed by atoms with Gasteiger partial charge < -0.3 is 14.1 Å². The maximum absolute atomic E-state index is 13.2. The lowest BCUT2D eigenvalue weighted by Gasteiger charge is -2.26. The molecule has 5 heteroatoms. The van der Waals surface area contributed by atoms with Gasteiger partial charge in [0.1, 0.15) is 17.1 Å². The van der Waals surface area contributed by atoms with Gasteiger partial charge in [-0.1, -0.05) is 60.7 Å². The van der Waals surface area contributed by atoms with Gasteiger partial charge in [0.2, 0.25) is 0 Å². The van der Waals surface area contributed by atoms with E-state index in [2.05, 4.69) is 0 Å². The number of carbonyl (C=O) groups is 2. The molecule has 1 amide bonds. The zero-order valence-electron chi connectivity index (χ0n) is 17.8. The third-order valence-corrected chi connectivity index (χ3v) is 5.14. The van der Waals surface area contributed by atoms with Crippen LogP contribution >= 0.6 is 0 Å². The normalized spacial score (nSPS) is 11.7. The molecule has 0 spiro atoms. The van der Waals surface area contributed by atoms with Gasteiger partial charge in [-0.25, -0.2) is 4.79 Å². The van der Waals surface area contributed by atoms with Gasteiger partial charge in [0.05, 0.1) is 0 Å². The number of hydrogen-bond donors (Lipinski definition) is 0. The van der Waals surface area contributed by atoms with Crippen molar-refractivity contribution in [1.29, 1.82) is 0 Å². The van der Waals surface area contributed by atoms with E-state index in [1.807, 2.05) is 67.6 Å². The highest BCUT2D eigenvalue weighted by atomic mass is 16.5. The molecule has 1 heterocycles. The summed E-state index contributed by atoms with van der Waals surface area (Å²) < 4.78 is 11.1. The van der Waals surface area contributed by atoms with Crippen molar-refractivity contribution >= 4 is 11.9 Å². The van der Waals surface area contributed by atoms with Crippen molar-refractivity contribution in [2.24, 2.45) is 0 Å². The Morgan fingerprint density at radius 3 is 1.80 bits per heavy atom. The fraction of sp³-hybridized carbons (Fsp3) is 0.280. The van der Waals surface area contributed by atoms with E-state index in [0.717, 1.165) is 16.7 Å². The standard InChI is InChI=1S/C25H27NO4/c1-17-18(2)29-19(3)23(17)25(28)30-20(4)24(27)26(15-21-11-7-5-8-12-21)16-22-13-9-6-10-14-22/h5-14,20H,15-16H2,1-4H3. The number of benzene rings is 2. The lowest BCUT2D eigenvalue weighted by molar-refractivity contribution is -0.141. The van der Waals surface area contributed by atoms with Crippen LogP contribution in [0.3, 0.4) is 0 Å². The molecular formula is C25H27NO4. The molecule has 0 saturated heterocycles. The Hall–Kier alpha value is -3.34. The van der Waals surface area contributed by atoms with E-state index < -0.39 is 12.1 Å². The van der Waals surface area contributed by atoms with E-state index in [0.29, 0.717) is 30.2 Å². The summed E-state index contributed by atoms with van der Waals surface area (Å²) in [6.45, 7) is 7.81. The van der Waals surface area contributed by atoms with Crippen molar-refractivity contribution in [3.05, 3.63) is 94.4 Å². The monoisotopic (exact) mass is 405 g/mol. The van der Waals surface area contributed by atoms with Gasteiger partial charge >= 0.3 is 5.97 Å². The molecular weight excluding hydrogens is 378 g/mol. The molecule has 0 fully saturated rings. The highest BCUT2D eigenvalue weighted by Crippen LogP contribution is 2.22. The first kappa shape index (κ1) is 21.4. The number of furan rings is 1. The van der Waals surface area contributed by atoms with Gasteiger partial charge in [-0.15, -0.1) is 0 Å². The molecule has 3 aromatic rings. The number of ether oxygens (including phenoxy) is 1. The quantitative estimate of drug-likeness (QED) is 0.520. The van der Waals surface area contributed by atoms with Crippen LogP contribution in [0.2, 0.25) is 0 Å². The largest absolute Gasteiger partial charge is 0.465 e.